The lowest BCUT2D eigenvalue weighted by atomic mass is 10.1. The molecule has 0 aliphatic carbocycles. The van der Waals surface area contributed by atoms with Crippen LogP contribution in [-0.4, -0.2) is 45.8 Å². The average molecular weight is 371 g/mol. The SMILES string of the molecule is COc1ccc(-n2c(C)c([N+](=O)[O-])c3ccc(O)c(CN(C)C)c32)cc1O. The highest BCUT2D eigenvalue weighted by Gasteiger charge is 2.27. The number of benzene rings is 2. The zero-order valence-electron chi connectivity index (χ0n) is 15.6. The average Bonchev–Trinajstić information content (AvgIpc) is 2.89. The molecular formula is C19H21N3O5. The van der Waals surface area contributed by atoms with Gasteiger partial charge in [0.15, 0.2) is 11.5 Å². The van der Waals surface area contributed by atoms with Crippen molar-refractivity contribution in [1.29, 1.82) is 0 Å². The van der Waals surface area contributed by atoms with E-state index in [9.17, 15) is 20.3 Å². The Balaban J connectivity index is 2.43. The monoisotopic (exact) mass is 371 g/mol. The van der Waals surface area contributed by atoms with Gasteiger partial charge in [0.05, 0.1) is 34.3 Å². The predicted octanol–water partition coefficient (Wildman–Crippen LogP) is 3.33. The molecule has 3 rings (SSSR count). The van der Waals surface area contributed by atoms with Crippen LogP contribution in [0.25, 0.3) is 16.6 Å². The number of nitrogens with zero attached hydrogens (tertiary/aromatic N) is 3. The molecule has 142 valence electrons. The number of nitro groups is 1. The fraction of sp³-hybridized carbons (Fsp3) is 0.263. The molecule has 0 saturated heterocycles. The van der Waals surface area contributed by atoms with Crippen LogP contribution in [0.2, 0.25) is 0 Å². The number of hydrogen-bond acceptors (Lipinski definition) is 6. The van der Waals surface area contributed by atoms with Gasteiger partial charge in [-0.1, -0.05) is 0 Å². The van der Waals surface area contributed by atoms with Crippen LogP contribution in [0.15, 0.2) is 30.3 Å². The van der Waals surface area contributed by atoms with Crippen molar-refractivity contribution in [3.8, 4) is 22.9 Å². The van der Waals surface area contributed by atoms with Crippen molar-refractivity contribution in [1.82, 2.24) is 9.47 Å². The summed E-state index contributed by atoms with van der Waals surface area (Å²) in [5, 5.41) is 32.7. The highest BCUT2D eigenvalue weighted by molar-refractivity contribution is 5.96. The Labute approximate surface area is 156 Å². The summed E-state index contributed by atoms with van der Waals surface area (Å²) in [5.41, 5.74) is 2.03. The maximum atomic E-state index is 11.7. The number of hydrogen-bond donors (Lipinski definition) is 2. The number of fused-ring (bicyclic) bond motifs is 1. The van der Waals surface area contributed by atoms with Crippen LogP contribution in [0.1, 0.15) is 11.3 Å². The zero-order valence-corrected chi connectivity index (χ0v) is 15.6. The second-order valence-electron chi connectivity index (χ2n) is 6.58. The number of aromatic hydroxyl groups is 2. The van der Waals surface area contributed by atoms with Gasteiger partial charge in [0.2, 0.25) is 0 Å². The van der Waals surface area contributed by atoms with E-state index >= 15 is 0 Å². The molecule has 0 aliphatic heterocycles. The van der Waals surface area contributed by atoms with Crippen LogP contribution >= 0.6 is 0 Å². The highest BCUT2D eigenvalue weighted by atomic mass is 16.6. The van der Waals surface area contributed by atoms with E-state index < -0.39 is 4.92 Å². The molecule has 0 fully saturated rings. The first-order chi connectivity index (χ1) is 12.8. The minimum atomic E-state index is -0.423. The summed E-state index contributed by atoms with van der Waals surface area (Å²) in [5.74, 6) is 0.287. The molecule has 27 heavy (non-hydrogen) atoms. The quantitative estimate of drug-likeness (QED) is 0.527. The van der Waals surface area contributed by atoms with Crippen molar-refractivity contribution in [3.05, 3.63) is 51.7 Å². The van der Waals surface area contributed by atoms with Gasteiger partial charge in [-0.15, -0.1) is 0 Å². The van der Waals surface area contributed by atoms with Crippen molar-refractivity contribution in [2.75, 3.05) is 21.2 Å². The summed E-state index contributed by atoms with van der Waals surface area (Å²) in [4.78, 5) is 13.2. The summed E-state index contributed by atoms with van der Waals surface area (Å²) >= 11 is 0. The second-order valence-corrected chi connectivity index (χ2v) is 6.58. The third-order valence-electron chi connectivity index (χ3n) is 4.49. The van der Waals surface area contributed by atoms with Gasteiger partial charge in [0.1, 0.15) is 5.75 Å². The first kappa shape index (κ1) is 18.5. The highest BCUT2D eigenvalue weighted by Crippen LogP contribution is 2.41. The Morgan fingerprint density at radius 1 is 1.19 bits per heavy atom. The van der Waals surface area contributed by atoms with Crippen LogP contribution in [0.4, 0.5) is 5.69 Å². The number of methoxy groups -OCH3 is 1. The molecule has 2 N–H and O–H groups in total. The van der Waals surface area contributed by atoms with Gasteiger partial charge < -0.3 is 24.4 Å². The molecular weight excluding hydrogens is 350 g/mol. The lowest BCUT2D eigenvalue weighted by molar-refractivity contribution is -0.383. The van der Waals surface area contributed by atoms with Crippen LogP contribution in [0, 0.1) is 17.0 Å². The first-order valence-electron chi connectivity index (χ1n) is 8.28. The summed E-state index contributed by atoms with van der Waals surface area (Å²) in [6.45, 7) is 2.04. The van der Waals surface area contributed by atoms with Gasteiger partial charge in [-0.2, -0.15) is 0 Å². The maximum absolute atomic E-state index is 11.7. The molecule has 0 saturated carbocycles. The minimum absolute atomic E-state index is 0.0275. The van der Waals surface area contributed by atoms with Crippen molar-refractivity contribution in [3.63, 3.8) is 0 Å². The van der Waals surface area contributed by atoms with E-state index in [1.165, 1.54) is 19.2 Å². The molecule has 0 bridgehead atoms. The van der Waals surface area contributed by atoms with Crippen molar-refractivity contribution in [2.24, 2.45) is 0 Å². The predicted molar refractivity (Wildman–Crippen MR) is 102 cm³/mol. The number of rotatable bonds is 5. The fourth-order valence-electron chi connectivity index (χ4n) is 3.38. The molecule has 0 aliphatic rings. The molecule has 3 aromatic rings. The Morgan fingerprint density at radius 3 is 2.44 bits per heavy atom. The van der Waals surface area contributed by atoms with Gasteiger partial charge in [-0.25, -0.2) is 0 Å². The molecule has 1 heterocycles. The van der Waals surface area contributed by atoms with E-state index in [1.807, 2.05) is 19.0 Å². The van der Waals surface area contributed by atoms with Crippen LogP contribution in [0.5, 0.6) is 17.2 Å². The maximum Gasteiger partial charge on any atom is 0.298 e. The Morgan fingerprint density at radius 2 is 1.89 bits per heavy atom. The molecule has 0 atom stereocenters. The number of ether oxygens (including phenoxy) is 1. The lowest BCUT2D eigenvalue weighted by Crippen LogP contribution is -2.12. The normalized spacial score (nSPS) is 11.3. The van der Waals surface area contributed by atoms with Crippen LogP contribution in [-0.2, 0) is 6.54 Å². The molecule has 2 aromatic carbocycles. The number of phenols is 2. The summed E-state index contributed by atoms with van der Waals surface area (Å²) in [7, 11) is 5.15. The van der Waals surface area contributed by atoms with E-state index in [-0.39, 0.29) is 17.2 Å². The summed E-state index contributed by atoms with van der Waals surface area (Å²) in [6, 6.07) is 7.81. The van der Waals surface area contributed by atoms with E-state index in [0.717, 1.165) is 0 Å². The van der Waals surface area contributed by atoms with Gasteiger partial charge in [-0.3, -0.25) is 10.1 Å². The molecule has 8 heteroatoms. The second kappa shape index (κ2) is 6.81. The van der Waals surface area contributed by atoms with Gasteiger partial charge in [0, 0.05) is 18.2 Å². The van der Waals surface area contributed by atoms with Gasteiger partial charge in [0.25, 0.3) is 5.69 Å². The van der Waals surface area contributed by atoms with Crippen molar-refractivity contribution < 1.29 is 19.9 Å². The van der Waals surface area contributed by atoms with Crippen molar-refractivity contribution in [2.45, 2.75) is 13.5 Å². The number of phenolic OH excluding ortho intramolecular Hbond substituents is 2. The molecule has 1 aromatic heterocycles. The van der Waals surface area contributed by atoms with E-state index in [4.69, 9.17) is 4.74 Å². The Hall–Kier alpha value is -3.26. The third kappa shape index (κ3) is 3.04. The van der Waals surface area contributed by atoms with E-state index in [2.05, 4.69) is 0 Å². The molecule has 0 radical (unpaired) electrons. The minimum Gasteiger partial charge on any atom is -0.508 e. The molecule has 8 nitrogen and oxygen atoms in total. The first-order valence-corrected chi connectivity index (χ1v) is 8.28. The van der Waals surface area contributed by atoms with Crippen LogP contribution < -0.4 is 4.74 Å². The molecule has 0 amide bonds. The Bertz CT molecular complexity index is 1040. The summed E-state index contributed by atoms with van der Waals surface area (Å²) < 4.78 is 6.76. The Kier molecular flexibility index (Phi) is 4.67. The lowest BCUT2D eigenvalue weighted by Gasteiger charge is -2.16. The van der Waals surface area contributed by atoms with E-state index in [0.29, 0.717) is 40.1 Å². The van der Waals surface area contributed by atoms with Gasteiger partial charge in [-0.05, 0) is 45.3 Å². The van der Waals surface area contributed by atoms with Crippen LogP contribution in [0.3, 0.4) is 0 Å². The van der Waals surface area contributed by atoms with Crippen molar-refractivity contribution >= 4 is 16.6 Å². The van der Waals surface area contributed by atoms with E-state index in [1.54, 1.807) is 29.7 Å². The largest absolute Gasteiger partial charge is 0.508 e. The third-order valence-corrected chi connectivity index (χ3v) is 4.49. The van der Waals surface area contributed by atoms with Gasteiger partial charge >= 0.3 is 0 Å². The molecule has 0 spiro atoms. The number of aromatic nitrogens is 1. The fourth-order valence-corrected chi connectivity index (χ4v) is 3.38. The zero-order chi connectivity index (χ0) is 19.9. The molecule has 0 unspecified atom stereocenters. The smallest absolute Gasteiger partial charge is 0.298 e. The standard InChI is InChI=1S/C19H21N3O5/c1-11-18(22(25)26)13-6-7-15(23)14(10-20(2)3)19(13)21(11)12-5-8-17(27-4)16(24)9-12/h5-9,23-24H,10H2,1-4H3. The topological polar surface area (TPSA) is 101 Å². The summed E-state index contributed by atoms with van der Waals surface area (Å²) in [6.07, 6.45) is 0.